The molecule has 1 aromatic rings. The van der Waals surface area contributed by atoms with Crippen LogP contribution >= 0.6 is 11.6 Å². The van der Waals surface area contributed by atoms with Gasteiger partial charge in [-0.25, -0.2) is 0 Å². The van der Waals surface area contributed by atoms with E-state index in [1.165, 1.54) is 0 Å². The first-order valence-electron chi connectivity index (χ1n) is 3.59. The van der Waals surface area contributed by atoms with Crippen molar-refractivity contribution < 1.29 is 5.11 Å². The maximum Gasteiger partial charge on any atom is 0.134 e. The molecule has 0 fully saturated rings. The largest absolute Gasteiger partial charge is 0.506 e. The third-order valence-electron chi connectivity index (χ3n) is 1.53. The van der Waals surface area contributed by atoms with Gasteiger partial charge in [0.05, 0.1) is 11.4 Å². The van der Waals surface area contributed by atoms with E-state index in [1.54, 1.807) is 6.07 Å². The molecule has 0 heterocycles. The number of alkyl halides is 1. The van der Waals surface area contributed by atoms with Gasteiger partial charge in [0, 0.05) is 0 Å². The van der Waals surface area contributed by atoms with Crippen LogP contribution in [0.3, 0.4) is 0 Å². The van der Waals surface area contributed by atoms with Crippen molar-refractivity contribution in [3.05, 3.63) is 29.3 Å². The normalized spacial score (nSPS) is 8.83. The van der Waals surface area contributed by atoms with Gasteiger partial charge >= 0.3 is 0 Å². The summed E-state index contributed by atoms with van der Waals surface area (Å²) in [4.78, 5) is 0. The highest BCUT2D eigenvalue weighted by Crippen LogP contribution is 2.19. The van der Waals surface area contributed by atoms with Crippen molar-refractivity contribution in [2.75, 3.05) is 5.88 Å². The van der Waals surface area contributed by atoms with Gasteiger partial charge in [-0.2, -0.15) is 0 Å². The molecule has 1 aromatic carbocycles. The molecule has 12 heavy (non-hydrogen) atoms. The highest BCUT2D eigenvalue weighted by molar-refractivity contribution is 6.19. The Morgan fingerprint density at radius 2 is 2.25 bits per heavy atom. The Balaban J connectivity index is 3.08. The molecule has 0 radical (unpaired) electrons. The fourth-order valence-corrected chi connectivity index (χ4v) is 0.955. The summed E-state index contributed by atoms with van der Waals surface area (Å²) in [6.07, 6.45) is 0. The van der Waals surface area contributed by atoms with Gasteiger partial charge in [0.15, 0.2) is 0 Å². The van der Waals surface area contributed by atoms with Crippen LogP contribution in [0.5, 0.6) is 5.75 Å². The van der Waals surface area contributed by atoms with Crippen molar-refractivity contribution in [1.29, 1.82) is 0 Å². The predicted octanol–water partition coefficient (Wildman–Crippen LogP) is 2.29. The van der Waals surface area contributed by atoms with Crippen LogP contribution < -0.4 is 0 Å². The van der Waals surface area contributed by atoms with Crippen LogP contribution in [0.25, 0.3) is 0 Å². The van der Waals surface area contributed by atoms with Gasteiger partial charge in [0.25, 0.3) is 0 Å². The van der Waals surface area contributed by atoms with E-state index in [4.69, 9.17) is 11.6 Å². The van der Waals surface area contributed by atoms with E-state index < -0.39 is 0 Å². The molecule has 0 amide bonds. The second kappa shape index (κ2) is 4.04. The second-order valence-corrected chi connectivity index (χ2v) is 2.67. The van der Waals surface area contributed by atoms with Gasteiger partial charge in [-0.1, -0.05) is 24.0 Å². The third kappa shape index (κ3) is 1.93. The van der Waals surface area contributed by atoms with Crippen molar-refractivity contribution in [3.63, 3.8) is 0 Å². The molecule has 0 bridgehead atoms. The Labute approximate surface area is 77.0 Å². The minimum Gasteiger partial charge on any atom is -0.506 e. The number of halogens is 1. The maximum absolute atomic E-state index is 9.48. The summed E-state index contributed by atoms with van der Waals surface area (Å²) in [6.45, 7) is 1.83. The summed E-state index contributed by atoms with van der Waals surface area (Å²) in [5.41, 5.74) is 1.46. The SMILES string of the molecule is Cc1cccc(C#CCCl)c1O. The summed E-state index contributed by atoms with van der Waals surface area (Å²) in [7, 11) is 0. The summed E-state index contributed by atoms with van der Waals surface area (Å²) < 4.78 is 0. The molecular formula is C10H9ClO. The van der Waals surface area contributed by atoms with Crippen LogP contribution in [0.15, 0.2) is 18.2 Å². The van der Waals surface area contributed by atoms with E-state index in [1.807, 2.05) is 19.1 Å². The molecule has 0 saturated heterocycles. The quantitative estimate of drug-likeness (QED) is 0.480. The summed E-state index contributed by atoms with van der Waals surface area (Å²) >= 11 is 5.39. The number of aryl methyl sites for hydroxylation is 1. The molecule has 2 heteroatoms. The van der Waals surface area contributed by atoms with Gasteiger partial charge in [0.2, 0.25) is 0 Å². The molecule has 0 spiro atoms. The lowest BCUT2D eigenvalue weighted by molar-refractivity contribution is 0.469. The van der Waals surface area contributed by atoms with Gasteiger partial charge in [-0.15, -0.1) is 11.6 Å². The third-order valence-corrected chi connectivity index (χ3v) is 1.66. The van der Waals surface area contributed by atoms with Crippen LogP contribution in [0.2, 0.25) is 0 Å². The van der Waals surface area contributed by atoms with Crippen molar-refractivity contribution in [1.82, 2.24) is 0 Å². The fourth-order valence-electron chi connectivity index (χ4n) is 0.888. The van der Waals surface area contributed by atoms with Gasteiger partial charge in [-0.3, -0.25) is 0 Å². The average Bonchev–Trinajstić information content (AvgIpc) is 2.08. The van der Waals surface area contributed by atoms with Gasteiger partial charge in [0.1, 0.15) is 5.75 Å². The topological polar surface area (TPSA) is 20.2 Å². The van der Waals surface area contributed by atoms with Crippen LogP contribution in [0.4, 0.5) is 0 Å². The molecule has 1 nitrogen and oxygen atoms in total. The maximum atomic E-state index is 9.48. The van der Waals surface area contributed by atoms with Crippen molar-refractivity contribution in [2.45, 2.75) is 6.92 Å². The van der Waals surface area contributed by atoms with Crippen molar-refractivity contribution >= 4 is 11.6 Å². The van der Waals surface area contributed by atoms with Crippen LogP contribution in [0, 0.1) is 18.8 Å². The first kappa shape index (κ1) is 8.96. The smallest absolute Gasteiger partial charge is 0.134 e. The number of hydrogen-bond acceptors (Lipinski definition) is 1. The molecule has 0 atom stereocenters. The lowest BCUT2D eigenvalue weighted by Gasteiger charge is -1.99. The van der Waals surface area contributed by atoms with Gasteiger partial charge in [-0.05, 0) is 18.6 Å². The monoisotopic (exact) mass is 180 g/mol. The van der Waals surface area contributed by atoms with Crippen LogP contribution in [0.1, 0.15) is 11.1 Å². The molecule has 1 rings (SSSR count). The van der Waals surface area contributed by atoms with E-state index in [9.17, 15) is 5.11 Å². The molecule has 0 saturated carbocycles. The molecule has 0 aliphatic rings. The lowest BCUT2D eigenvalue weighted by atomic mass is 10.1. The number of phenols is 1. The van der Waals surface area contributed by atoms with Crippen LogP contribution in [-0.4, -0.2) is 11.0 Å². The molecule has 1 N–H and O–H groups in total. The van der Waals surface area contributed by atoms with Crippen molar-refractivity contribution in [3.8, 4) is 17.6 Å². The van der Waals surface area contributed by atoms with E-state index in [-0.39, 0.29) is 11.6 Å². The minimum absolute atomic E-state index is 0.245. The Hall–Kier alpha value is -1.13. The van der Waals surface area contributed by atoms with E-state index in [2.05, 4.69) is 11.8 Å². The average molecular weight is 181 g/mol. The summed E-state index contributed by atoms with van der Waals surface area (Å²) in [6, 6.07) is 5.45. The predicted molar refractivity (Wildman–Crippen MR) is 50.4 cm³/mol. The molecular weight excluding hydrogens is 172 g/mol. The molecule has 0 aliphatic heterocycles. The highest BCUT2D eigenvalue weighted by Gasteiger charge is 1.98. The molecule has 0 aliphatic carbocycles. The summed E-state index contributed by atoms with van der Waals surface area (Å²) in [5.74, 6) is 5.99. The van der Waals surface area contributed by atoms with Crippen molar-refractivity contribution in [2.24, 2.45) is 0 Å². The first-order chi connectivity index (χ1) is 5.75. The number of para-hydroxylation sites is 1. The standard InChI is InChI=1S/C10H9ClO/c1-8-4-2-5-9(10(8)12)6-3-7-11/h2,4-5,12H,7H2,1H3. The number of benzene rings is 1. The van der Waals surface area contributed by atoms with Crippen LogP contribution in [-0.2, 0) is 0 Å². The Morgan fingerprint density at radius 1 is 1.50 bits per heavy atom. The molecule has 0 aromatic heterocycles. The Bertz CT molecular complexity index is 333. The minimum atomic E-state index is 0.245. The number of rotatable bonds is 0. The van der Waals surface area contributed by atoms with E-state index in [0.29, 0.717) is 5.56 Å². The first-order valence-corrected chi connectivity index (χ1v) is 4.12. The second-order valence-electron chi connectivity index (χ2n) is 2.41. The molecule has 62 valence electrons. The lowest BCUT2D eigenvalue weighted by Crippen LogP contribution is -1.80. The Kier molecular flexibility index (Phi) is 3.01. The Morgan fingerprint density at radius 3 is 2.92 bits per heavy atom. The van der Waals surface area contributed by atoms with E-state index >= 15 is 0 Å². The summed E-state index contributed by atoms with van der Waals surface area (Å²) in [5, 5.41) is 9.48. The number of hydrogen-bond donors (Lipinski definition) is 1. The fraction of sp³-hybridized carbons (Fsp3) is 0.200. The zero-order chi connectivity index (χ0) is 8.97. The zero-order valence-electron chi connectivity index (χ0n) is 6.76. The highest BCUT2D eigenvalue weighted by atomic mass is 35.5. The molecule has 0 unspecified atom stereocenters. The number of aromatic hydroxyl groups is 1. The van der Waals surface area contributed by atoms with Gasteiger partial charge < -0.3 is 5.11 Å². The van der Waals surface area contributed by atoms with E-state index in [0.717, 1.165) is 5.56 Å². The number of phenolic OH excluding ortho intramolecular Hbond substituents is 1. The zero-order valence-corrected chi connectivity index (χ0v) is 7.52.